The van der Waals surface area contributed by atoms with Gasteiger partial charge in [-0.3, -0.25) is 0 Å². The van der Waals surface area contributed by atoms with Gasteiger partial charge >= 0.3 is 0 Å². The Kier molecular flexibility index (Phi) is 5.70. The summed E-state index contributed by atoms with van der Waals surface area (Å²) in [5, 5.41) is 34.6. The van der Waals surface area contributed by atoms with Gasteiger partial charge < -0.3 is 14.8 Å². The van der Waals surface area contributed by atoms with Gasteiger partial charge in [0, 0.05) is 18.3 Å². The Labute approximate surface area is 138 Å². The zero-order chi connectivity index (χ0) is 17.4. The van der Waals surface area contributed by atoms with Gasteiger partial charge in [0.15, 0.2) is 11.5 Å². The predicted octanol–water partition coefficient (Wildman–Crippen LogP) is 1.85. The molecule has 122 valence electrons. The number of H-pyrrole nitrogens is 1. The van der Waals surface area contributed by atoms with E-state index in [0.717, 1.165) is 0 Å². The first-order chi connectivity index (χ1) is 11.7. The van der Waals surface area contributed by atoms with Crippen LogP contribution < -0.4 is 14.8 Å². The second-order valence-corrected chi connectivity index (χ2v) is 4.37. The first kappa shape index (κ1) is 16.8. The highest BCUT2D eigenvalue weighted by Crippen LogP contribution is 2.33. The van der Waals surface area contributed by atoms with Crippen LogP contribution in [-0.4, -0.2) is 33.8 Å². The Balaban J connectivity index is 2.37. The van der Waals surface area contributed by atoms with E-state index in [1.54, 1.807) is 12.1 Å². The molecule has 2 rings (SSSR count). The van der Waals surface area contributed by atoms with Gasteiger partial charge in [0.05, 0.1) is 24.5 Å². The van der Waals surface area contributed by atoms with Crippen LogP contribution in [0.2, 0.25) is 0 Å². The average Bonchev–Trinajstić information content (AvgIpc) is 3.12. The van der Waals surface area contributed by atoms with Crippen molar-refractivity contribution in [2.24, 2.45) is 0 Å². The summed E-state index contributed by atoms with van der Waals surface area (Å²) < 4.78 is 11.0. The Morgan fingerprint density at radius 1 is 1.25 bits per heavy atom. The Hall–Kier alpha value is -3.59. The number of allylic oxidation sites excluding steroid dienone is 1. The summed E-state index contributed by atoms with van der Waals surface area (Å²) in [4.78, 5) is 0. The Morgan fingerprint density at radius 2 is 1.96 bits per heavy atom. The SMILES string of the molecule is CCOc1cc(C#N)c(NC=C(C#N)c2nn[nH]n2)cc1OCC. The number of aromatic amines is 1. The molecule has 1 aromatic heterocycles. The van der Waals surface area contributed by atoms with Gasteiger partial charge in [0.2, 0.25) is 5.82 Å². The van der Waals surface area contributed by atoms with Gasteiger partial charge in [0.25, 0.3) is 0 Å². The van der Waals surface area contributed by atoms with Crippen molar-refractivity contribution in [2.45, 2.75) is 13.8 Å². The van der Waals surface area contributed by atoms with E-state index in [9.17, 15) is 5.26 Å². The number of anilines is 1. The highest BCUT2D eigenvalue weighted by atomic mass is 16.5. The summed E-state index contributed by atoms with van der Waals surface area (Å²) in [6, 6.07) is 7.27. The fraction of sp³-hybridized carbons (Fsp3) is 0.267. The first-order valence-electron chi connectivity index (χ1n) is 7.17. The lowest BCUT2D eigenvalue weighted by Gasteiger charge is -2.14. The number of nitriles is 2. The standard InChI is InChI=1S/C15H15N7O2/c1-3-23-13-5-10(7-16)12(6-14(13)24-4-2)18-9-11(8-17)15-19-21-22-20-15/h5-6,9,18H,3-4H2,1-2H3,(H,19,20,21,22). The number of nitrogens with one attached hydrogen (secondary N) is 2. The highest BCUT2D eigenvalue weighted by molar-refractivity contribution is 5.75. The lowest BCUT2D eigenvalue weighted by Crippen LogP contribution is -2.02. The van der Waals surface area contributed by atoms with E-state index in [0.29, 0.717) is 36.0 Å². The number of rotatable bonds is 7. The van der Waals surface area contributed by atoms with Crippen molar-refractivity contribution in [1.29, 1.82) is 10.5 Å². The predicted molar refractivity (Wildman–Crippen MR) is 84.9 cm³/mol. The fourth-order valence-corrected chi connectivity index (χ4v) is 1.88. The van der Waals surface area contributed by atoms with E-state index in [4.69, 9.17) is 14.7 Å². The largest absolute Gasteiger partial charge is 0.490 e. The van der Waals surface area contributed by atoms with Crippen molar-refractivity contribution in [3.63, 3.8) is 0 Å². The number of benzene rings is 1. The number of nitrogens with zero attached hydrogens (tertiary/aromatic N) is 5. The molecule has 0 bridgehead atoms. The molecule has 9 heteroatoms. The van der Waals surface area contributed by atoms with Gasteiger partial charge in [-0.15, -0.1) is 10.2 Å². The van der Waals surface area contributed by atoms with Gasteiger partial charge in [-0.2, -0.15) is 15.7 Å². The summed E-state index contributed by atoms with van der Waals surface area (Å²) in [5.41, 5.74) is 0.990. The zero-order valence-electron chi connectivity index (χ0n) is 13.2. The van der Waals surface area contributed by atoms with Gasteiger partial charge in [-0.25, -0.2) is 0 Å². The van der Waals surface area contributed by atoms with Crippen molar-refractivity contribution in [3.05, 3.63) is 29.7 Å². The minimum absolute atomic E-state index is 0.152. The third-order valence-corrected chi connectivity index (χ3v) is 2.88. The van der Waals surface area contributed by atoms with Crippen LogP contribution in [0.25, 0.3) is 5.57 Å². The van der Waals surface area contributed by atoms with Crippen LogP contribution in [0.15, 0.2) is 18.3 Å². The molecule has 1 aromatic carbocycles. The van der Waals surface area contributed by atoms with Crippen LogP contribution in [-0.2, 0) is 0 Å². The summed E-state index contributed by atoms with van der Waals surface area (Å²) in [7, 11) is 0. The summed E-state index contributed by atoms with van der Waals surface area (Å²) in [6.45, 7) is 4.60. The van der Waals surface area contributed by atoms with E-state index < -0.39 is 0 Å². The van der Waals surface area contributed by atoms with Crippen LogP contribution in [0.1, 0.15) is 25.2 Å². The highest BCUT2D eigenvalue weighted by Gasteiger charge is 2.12. The molecule has 0 unspecified atom stereocenters. The van der Waals surface area contributed by atoms with E-state index in [1.165, 1.54) is 6.20 Å². The minimum atomic E-state index is 0.152. The average molecular weight is 325 g/mol. The second kappa shape index (κ2) is 8.15. The molecule has 0 saturated heterocycles. The fourth-order valence-electron chi connectivity index (χ4n) is 1.88. The molecule has 1 heterocycles. The van der Waals surface area contributed by atoms with Gasteiger partial charge in [0.1, 0.15) is 17.7 Å². The maximum Gasteiger partial charge on any atom is 0.216 e. The van der Waals surface area contributed by atoms with E-state index in [-0.39, 0.29) is 11.4 Å². The lowest BCUT2D eigenvalue weighted by atomic mass is 10.1. The Bertz CT molecular complexity index is 800. The molecule has 0 aliphatic carbocycles. The van der Waals surface area contributed by atoms with Crippen molar-refractivity contribution in [2.75, 3.05) is 18.5 Å². The molecule has 0 fully saturated rings. The normalized spacial score (nSPS) is 10.6. The Morgan fingerprint density at radius 3 is 2.50 bits per heavy atom. The molecule has 0 amide bonds. The summed E-state index contributed by atoms with van der Waals surface area (Å²) in [5.74, 6) is 1.15. The van der Waals surface area contributed by atoms with Crippen molar-refractivity contribution in [1.82, 2.24) is 20.6 Å². The number of aromatic nitrogens is 4. The first-order valence-corrected chi connectivity index (χ1v) is 7.17. The topological polar surface area (TPSA) is 133 Å². The molecule has 9 nitrogen and oxygen atoms in total. The lowest BCUT2D eigenvalue weighted by molar-refractivity contribution is 0.288. The molecule has 0 aliphatic heterocycles. The molecule has 0 spiro atoms. The van der Waals surface area contributed by atoms with Crippen molar-refractivity contribution in [3.8, 4) is 23.6 Å². The molecular weight excluding hydrogens is 310 g/mol. The molecule has 2 aromatic rings. The third kappa shape index (κ3) is 3.78. The van der Waals surface area contributed by atoms with Crippen LogP contribution in [0.3, 0.4) is 0 Å². The third-order valence-electron chi connectivity index (χ3n) is 2.88. The van der Waals surface area contributed by atoms with Crippen molar-refractivity contribution >= 4 is 11.3 Å². The van der Waals surface area contributed by atoms with E-state index >= 15 is 0 Å². The van der Waals surface area contributed by atoms with Crippen LogP contribution in [0, 0.1) is 22.7 Å². The van der Waals surface area contributed by atoms with Crippen LogP contribution >= 0.6 is 0 Å². The maximum atomic E-state index is 9.33. The molecule has 24 heavy (non-hydrogen) atoms. The molecule has 0 saturated carbocycles. The summed E-state index contributed by atoms with van der Waals surface area (Å²) >= 11 is 0. The molecule has 2 N–H and O–H groups in total. The molecule has 0 radical (unpaired) electrons. The quantitative estimate of drug-likeness (QED) is 0.737. The van der Waals surface area contributed by atoms with E-state index in [2.05, 4.69) is 32.0 Å². The zero-order valence-corrected chi connectivity index (χ0v) is 13.2. The monoisotopic (exact) mass is 325 g/mol. The number of ether oxygens (including phenoxy) is 2. The van der Waals surface area contributed by atoms with Gasteiger partial charge in [-0.05, 0) is 19.1 Å². The van der Waals surface area contributed by atoms with E-state index in [1.807, 2.05) is 19.9 Å². The number of hydrogen-bond acceptors (Lipinski definition) is 8. The maximum absolute atomic E-state index is 9.33. The number of tetrazole rings is 1. The molecule has 0 atom stereocenters. The van der Waals surface area contributed by atoms with Gasteiger partial charge in [-0.1, -0.05) is 0 Å². The van der Waals surface area contributed by atoms with Crippen LogP contribution in [0.5, 0.6) is 11.5 Å². The molecular formula is C15H15N7O2. The second-order valence-electron chi connectivity index (χ2n) is 4.37. The molecule has 0 aliphatic rings. The minimum Gasteiger partial charge on any atom is -0.490 e. The summed E-state index contributed by atoms with van der Waals surface area (Å²) in [6.07, 6.45) is 1.40. The van der Waals surface area contributed by atoms with Crippen LogP contribution in [0.4, 0.5) is 5.69 Å². The number of hydrogen-bond donors (Lipinski definition) is 2. The smallest absolute Gasteiger partial charge is 0.216 e. The van der Waals surface area contributed by atoms with Crippen molar-refractivity contribution < 1.29 is 9.47 Å².